The maximum atomic E-state index is 12.0. The fourth-order valence-electron chi connectivity index (χ4n) is 3.39. The van der Waals surface area contributed by atoms with Crippen molar-refractivity contribution in [1.29, 1.82) is 0 Å². The first-order valence-corrected chi connectivity index (χ1v) is 13.9. The monoisotopic (exact) mass is 384 g/mol. The number of cyclic esters (lactones) is 1. The summed E-state index contributed by atoms with van der Waals surface area (Å²) in [5.41, 5.74) is 0. The summed E-state index contributed by atoms with van der Waals surface area (Å²) in [6.07, 6.45) is 14.4. The molecular formula is C22H44O3Si. The van der Waals surface area contributed by atoms with E-state index in [1.165, 1.54) is 57.8 Å². The third kappa shape index (κ3) is 9.03. The highest BCUT2D eigenvalue weighted by Gasteiger charge is 2.41. The van der Waals surface area contributed by atoms with Crippen LogP contribution in [0.4, 0.5) is 0 Å². The summed E-state index contributed by atoms with van der Waals surface area (Å²) in [5.74, 6) is -0.0686. The molecule has 0 aromatic rings. The average Bonchev–Trinajstić information content (AvgIpc) is 2.51. The molecule has 0 aromatic carbocycles. The first-order valence-electron chi connectivity index (χ1n) is 11.0. The number of ether oxygens (including phenoxy) is 1. The summed E-state index contributed by atoms with van der Waals surface area (Å²) in [4.78, 5) is 12.0. The van der Waals surface area contributed by atoms with Gasteiger partial charge in [-0.3, -0.25) is 4.79 Å². The van der Waals surface area contributed by atoms with Crippen LogP contribution in [0.3, 0.4) is 0 Å². The zero-order valence-electron chi connectivity index (χ0n) is 18.4. The highest BCUT2D eigenvalue weighted by atomic mass is 28.4. The molecule has 4 heteroatoms. The van der Waals surface area contributed by atoms with Gasteiger partial charge in [0.2, 0.25) is 0 Å². The fraction of sp³-hybridized carbons (Fsp3) is 0.955. The Morgan fingerprint density at radius 3 is 2.08 bits per heavy atom. The van der Waals surface area contributed by atoms with Gasteiger partial charge in [0.1, 0.15) is 6.10 Å². The fourth-order valence-corrected chi connectivity index (χ4v) is 4.75. The maximum absolute atomic E-state index is 12.0. The van der Waals surface area contributed by atoms with Crippen LogP contribution >= 0.6 is 0 Å². The predicted octanol–water partition coefficient (Wildman–Crippen LogP) is 7.00. The quantitative estimate of drug-likeness (QED) is 0.206. The molecule has 0 bridgehead atoms. The number of hydrogen-bond acceptors (Lipinski definition) is 3. The molecule has 1 saturated heterocycles. The second kappa shape index (κ2) is 11.5. The summed E-state index contributed by atoms with van der Waals surface area (Å²) in [5, 5.41) is 0.182. The molecule has 0 aliphatic carbocycles. The smallest absolute Gasteiger partial charge is 0.308 e. The van der Waals surface area contributed by atoms with Crippen molar-refractivity contribution < 1.29 is 14.0 Å². The molecule has 1 aliphatic rings. The van der Waals surface area contributed by atoms with E-state index in [1.54, 1.807) is 0 Å². The summed E-state index contributed by atoms with van der Waals surface area (Å²) >= 11 is 0. The highest BCUT2D eigenvalue weighted by molar-refractivity contribution is 6.74. The lowest BCUT2D eigenvalue weighted by atomic mass is 9.99. The van der Waals surface area contributed by atoms with Crippen molar-refractivity contribution in [3.8, 4) is 0 Å². The molecule has 1 rings (SSSR count). The lowest BCUT2D eigenvalue weighted by Gasteiger charge is -2.41. The van der Waals surface area contributed by atoms with E-state index in [2.05, 4.69) is 40.8 Å². The first kappa shape index (κ1) is 23.7. The first-order chi connectivity index (χ1) is 12.2. The van der Waals surface area contributed by atoms with Crippen molar-refractivity contribution in [2.24, 2.45) is 0 Å². The zero-order valence-corrected chi connectivity index (χ0v) is 19.4. The molecule has 2 atom stereocenters. The Balaban J connectivity index is 2.24. The Morgan fingerprint density at radius 2 is 1.54 bits per heavy atom. The third-order valence-electron chi connectivity index (χ3n) is 6.12. The van der Waals surface area contributed by atoms with Gasteiger partial charge >= 0.3 is 5.97 Å². The Kier molecular flexibility index (Phi) is 10.5. The minimum Gasteiger partial charge on any atom is -0.462 e. The Morgan fingerprint density at radius 1 is 1.00 bits per heavy atom. The van der Waals surface area contributed by atoms with Crippen LogP contribution in [0.5, 0.6) is 0 Å². The second-order valence-corrected chi connectivity index (χ2v) is 14.4. The molecule has 0 saturated carbocycles. The molecular weight excluding hydrogens is 340 g/mol. The summed E-state index contributed by atoms with van der Waals surface area (Å²) in [6.45, 7) is 13.5. The maximum Gasteiger partial charge on any atom is 0.308 e. The van der Waals surface area contributed by atoms with E-state index in [-0.39, 0.29) is 23.2 Å². The van der Waals surface area contributed by atoms with Crippen LogP contribution in [0.2, 0.25) is 18.1 Å². The van der Waals surface area contributed by atoms with Crippen molar-refractivity contribution in [3.05, 3.63) is 0 Å². The molecule has 3 nitrogen and oxygen atoms in total. The molecule has 1 heterocycles. The summed E-state index contributed by atoms with van der Waals surface area (Å²) in [7, 11) is -1.82. The van der Waals surface area contributed by atoms with Crippen LogP contribution in [0.1, 0.15) is 105 Å². The van der Waals surface area contributed by atoms with Gasteiger partial charge in [0.05, 0.1) is 12.5 Å². The van der Waals surface area contributed by atoms with Gasteiger partial charge in [-0.15, -0.1) is 0 Å². The number of carbonyl (C=O) groups is 1. The van der Waals surface area contributed by atoms with Crippen LogP contribution < -0.4 is 0 Å². The normalized spacial score (nSPS) is 21.7. The second-order valence-electron chi connectivity index (χ2n) is 9.67. The molecule has 0 aromatic heterocycles. The lowest BCUT2D eigenvalue weighted by molar-refractivity contribution is -0.159. The SMILES string of the molecule is CCCCCCCCCCC[C@@H]1C[C@H](O[Si](C)(C)C(C)(C)C)CC(=O)O1. The van der Waals surface area contributed by atoms with E-state index in [9.17, 15) is 4.79 Å². The summed E-state index contributed by atoms with van der Waals surface area (Å²) in [6, 6.07) is 0. The van der Waals surface area contributed by atoms with E-state index < -0.39 is 8.32 Å². The molecule has 154 valence electrons. The lowest BCUT2D eigenvalue weighted by Crippen LogP contribution is -2.47. The molecule has 1 fully saturated rings. The molecule has 26 heavy (non-hydrogen) atoms. The number of hydrogen-bond donors (Lipinski definition) is 0. The van der Waals surface area contributed by atoms with E-state index >= 15 is 0 Å². The minimum absolute atomic E-state index is 0.0562. The van der Waals surface area contributed by atoms with Crippen LogP contribution in [-0.4, -0.2) is 26.5 Å². The van der Waals surface area contributed by atoms with Crippen LogP contribution in [-0.2, 0) is 14.0 Å². The molecule has 0 unspecified atom stereocenters. The van der Waals surface area contributed by atoms with Gasteiger partial charge in [-0.05, 0) is 31.0 Å². The molecule has 0 spiro atoms. The Hall–Kier alpha value is -0.353. The number of carbonyl (C=O) groups excluding carboxylic acids is 1. The van der Waals surface area contributed by atoms with Crippen LogP contribution in [0, 0.1) is 0 Å². The molecule has 0 amide bonds. The van der Waals surface area contributed by atoms with Crippen molar-refractivity contribution in [1.82, 2.24) is 0 Å². The van der Waals surface area contributed by atoms with E-state index in [1.807, 2.05) is 0 Å². The van der Waals surface area contributed by atoms with Gasteiger partial charge in [0.25, 0.3) is 0 Å². The van der Waals surface area contributed by atoms with Gasteiger partial charge in [-0.2, -0.15) is 0 Å². The zero-order chi connectivity index (χ0) is 19.6. The minimum atomic E-state index is -1.82. The van der Waals surface area contributed by atoms with Crippen molar-refractivity contribution in [2.75, 3.05) is 0 Å². The van der Waals surface area contributed by atoms with E-state index in [0.29, 0.717) is 6.42 Å². The standard InChI is InChI=1S/C22H44O3Si/c1-7-8-9-10-11-12-13-14-15-16-19-17-20(18-21(23)24-19)25-26(5,6)22(2,3)4/h19-20H,7-18H2,1-6H3/t19-,20+/m1/s1. The molecule has 1 aliphatic heterocycles. The molecule has 0 N–H and O–H groups in total. The topological polar surface area (TPSA) is 35.5 Å². The van der Waals surface area contributed by atoms with Crippen molar-refractivity contribution in [2.45, 2.75) is 135 Å². The number of unbranched alkanes of at least 4 members (excludes halogenated alkanes) is 8. The number of rotatable bonds is 12. The van der Waals surface area contributed by atoms with Gasteiger partial charge in [-0.1, -0.05) is 79.1 Å². The van der Waals surface area contributed by atoms with Crippen molar-refractivity contribution in [3.63, 3.8) is 0 Å². The highest BCUT2D eigenvalue weighted by Crippen LogP contribution is 2.39. The van der Waals surface area contributed by atoms with Gasteiger partial charge in [0.15, 0.2) is 8.32 Å². The average molecular weight is 385 g/mol. The van der Waals surface area contributed by atoms with E-state index in [0.717, 1.165) is 12.8 Å². The van der Waals surface area contributed by atoms with Crippen LogP contribution in [0.25, 0.3) is 0 Å². The number of esters is 1. The third-order valence-corrected chi connectivity index (χ3v) is 10.7. The summed E-state index contributed by atoms with van der Waals surface area (Å²) < 4.78 is 12.1. The van der Waals surface area contributed by atoms with Gasteiger partial charge in [0, 0.05) is 6.42 Å². The molecule has 0 radical (unpaired) electrons. The van der Waals surface area contributed by atoms with Crippen LogP contribution in [0.15, 0.2) is 0 Å². The largest absolute Gasteiger partial charge is 0.462 e. The predicted molar refractivity (Wildman–Crippen MR) is 113 cm³/mol. The van der Waals surface area contributed by atoms with E-state index in [4.69, 9.17) is 9.16 Å². The Bertz CT molecular complexity index is 401. The Labute approximate surface area is 163 Å². The van der Waals surface area contributed by atoms with Gasteiger partial charge in [-0.25, -0.2) is 0 Å². The van der Waals surface area contributed by atoms with Gasteiger partial charge < -0.3 is 9.16 Å². The van der Waals surface area contributed by atoms with Crippen molar-refractivity contribution >= 4 is 14.3 Å².